The van der Waals surface area contributed by atoms with Crippen molar-refractivity contribution in [3.8, 4) is 0 Å². The predicted octanol–water partition coefficient (Wildman–Crippen LogP) is -0.443. The van der Waals surface area contributed by atoms with Crippen molar-refractivity contribution in [1.82, 2.24) is 15.5 Å². The molecule has 0 aliphatic carbocycles. The first kappa shape index (κ1) is 6.58. The molecule has 0 spiro atoms. The Morgan fingerprint density at radius 3 is 3.20 bits per heavy atom. The average molecular weight is 141 g/mol. The van der Waals surface area contributed by atoms with E-state index >= 15 is 0 Å². The van der Waals surface area contributed by atoms with E-state index in [1.54, 1.807) is 0 Å². The van der Waals surface area contributed by atoms with Crippen LogP contribution in [-0.2, 0) is 0 Å². The maximum atomic E-state index is 3.47. The molecule has 3 nitrogen and oxygen atoms in total. The summed E-state index contributed by atoms with van der Waals surface area (Å²) in [5, 5.41) is 6.90. The highest BCUT2D eigenvalue weighted by Crippen LogP contribution is 2.09. The predicted molar refractivity (Wildman–Crippen MR) is 40.6 cm³/mol. The maximum Gasteiger partial charge on any atom is 0.114 e. The van der Waals surface area contributed by atoms with Crippen molar-refractivity contribution in [3.63, 3.8) is 0 Å². The van der Waals surface area contributed by atoms with Crippen LogP contribution in [0.1, 0.15) is 13.3 Å². The molecule has 0 bridgehead atoms. The average Bonchev–Trinajstić information content (AvgIpc) is 2.27. The van der Waals surface area contributed by atoms with Crippen molar-refractivity contribution in [2.75, 3.05) is 19.6 Å². The lowest BCUT2D eigenvalue weighted by Crippen LogP contribution is -2.52. The Bertz CT molecular complexity index is 112. The van der Waals surface area contributed by atoms with Gasteiger partial charge in [-0.3, -0.25) is 15.5 Å². The fraction of sp³-hybridized carbons (Fsp3) is 1.00. The van der Waals surface area contributed by atoms with Crippen molar-refractivity contribution in [1.29, 1.82) is 0 Å². The van der Waals surface area contributed by atoms with Crippen LogP contribution in [0.4, 0.5) is 0 Å². The highest BCUT2D eigenvalue weighted by molar-refractivity contribution is 4.85. The van der Waals surface area contributed by atoms with E-state index in [1.165, 1.54) is 26.1 Å². The summed E-state index contributed by atoms with van der Waals surface area (Å²) in [6, 6.07) is 0.663. The minimum absolute atomic E-state index is 0.476. The summed E-state index contributed by atoms with van der Waals surface area (Å²) < 4.78 is 0. The molecule has 2 rings (SSSR count). The molecule has 2 unspecified atom stereocenters. The van der Waals surface area contributed by atoms with Gasteiger partial charge in [-0.05, 0) is 19.9 Å². The molecule has 0 aromatic carbocycles. The van der Waals surface area contributed by atoms with E-state index < -0.39 is 0 Å². The standard InChI is InChI=1S/C7H15N3/c1-6-5-10-4-2-3-8-7(10)9-6/h6-9H,2-5H2,1H3. The van der Waals surface area contributed by atoms with Gasteiger partial charge in [-0.15, -0.1) is 0 Å². The van der Waals surface area contributed by atoms with Gasteiger partial charge in [0.05, 0.1) is 0 Å². The van der Waals surface area contributed by atoms with Crippen molar-refractivity contribution >= 4 is 0 Å². The normalized spacial score (nSPS) is 41.7. The molecule has 2 heterocycles. The molecule has 2 atom stereocenters. The van der Waals surface area contributed by atoms with Crippen LogP contribution >= 0.6 is 0 Å². The van der Waals surface area contributed by atoms with Crippen LogP contribution in [0, 0.1) is 0 Å². The molecule has 2 fully saturated rings. The Morgan fingerprint density at radius 1 is 1.50 bits per heavy atom. The van der Waals surface area contributed by atoms with Gasteiger partial charge in [0.25, 0.3) is 0 Å². The highest BCUT2D eigenvalue weighted by atomic mass is 15.4. The van der Waals surface area contributed by atoms with Crippen LogP contribution in [0.3, 0.4) is 0 Å². The number of fused-ring (bicyclic) bond motifs is 1. The van der Waals surface area contributed by atoms with Crippen molar-refractivity contribution in [2.24, 2.45) is 0 Å². The topological polar surface area (TPSA) is 27.3 Å². The molecule has 3 heteroatoms. The Labute approximate surface area is 61.8 Å². The van der Waals surface area contributed by atoms with Crippen LogP contribution in [0.2, 0.25) is 0 Å². The molecule has 2 aliphatic rings. The number of rotatable bonds is 0. The van der Waals surface area contributed by atoms with Gasteiger partial charge < -0.3 is 0 Å². The number of hydrogen-bond acceptors (Lipinski definition) is 3. The Hall–Kier alpha value is -0.120. The van der Waals surface area contributed by atoms with Gasteiger partial charge in [0.15, 0.2) is 0 Å². The van der Waals surface area contributed by atoms with Gasteiger partial charge in [0.1, 0.15) is 6.29 Å². The summed E-state index contributed by atoms with van der Waals surface area (Å²) in [5.41, 5.74) is 0. The van der Waals surface area contributed by atoms with Crippen LogP contribution in [0.5, 0.6) is 0 Å². The summed E-state index contributed by atoms with van der Waals surface area (Å²) in [6.45, 7) is 5.87. The third kappa shape index (κ3) is 1.05. The molecule has 0 amide bonds. The van der Waals surface area contributed by atoms with Gasteiger partial charge in [-0.25, -0.2) is 0 Å². The van der Waals surface area contributed by atoms with Crippen LogP contribution in [0.25, 0.3) is 0 Å². The molecular formula is C7H15N3. The molecule has 0 aromatic heterocycles. The summed E-state index contributed by atoms with van der Waals surface area (Å²) in [7, 11) is 0. The van der Waals surface area contributed by atoms with Gasteiger partial charge in [0.2, 0.25) is 0 Å². The van der Waals surface area contributed by atoms with Crippen molar-refractivity contribution in [3.05, 3.63) is 0 Å². The molecule has 2 N–H and O–H groups in total. The molecule has 2 saturated heterocycles. The van der Waals surface area contributed by atoms with Crippen molar-refractivity contribution < 1.29 is 0 Å². The van der Waals surface area contributed by atoms with Gasteiger partial charge >= 0.3 is 0 Å². The summed E-state index contributed by atoms with van der Waals surface area (Å²) in [6.07, 6.45) is 1.77. The minimum atomic E-state index is 0.476. The number of nitrogens with one attached hydrogen (secondary N) is 2. The lowest BCUT2D eigenvalue weighted by atomic mass is 10.3. The fourth-order valence-electron chi connectivity index (χ4n) is 1.81. The second-order valence-electron chi connectivity index (χ2n) is 3.27. The molecule has 10 heavy (non-hydrogen) atoms. The van der Waals surface area contributed by atoms with Crippen LogP contribution in [-0.4, -0.2) is 36.9 Å². The summed E-state index contributed by atoms with van der Waals surface area (Å²) >= 11 is 0. The molecular weight excluding hydrogens is 126 g/mol. The Kier molecular flexibility index (Phi) is 1.64. The van der Waals surface area contributed by atoms with E-state index in [1.807, 2.05) is 0 Å². The first-order valence-corrected chi connectivity index (χ1v) is 4.10. The second-order valence-corrected chi connectivity index (χ2v) is 3.27. The van der Waals surface area contributed by atoms with Gasteiger partial charge in [0, 0.05) is 19.1 Å². The largest absolute Gasteiger partial charge is 0.289 e. The minimum Gasteiger partial charge on any atom is -0.289 e. The molecule has 2 aliphatic heterocycles. The third-order valence-corrected chi connectivity index (χ3v) is 2.28. The lowest BCUT2D eigenvalue weighted by molar-refractivity contribution is 0.166. The van der Waals surface area contributed by atoms with Gasteiger partial charge in [-0.1, -0.05) is 0 Å². The zero-order chi connectivity index (χ0) is 6.97. The van der Waals surface area contributed by atoms with E-state index in [9.17, 15) is 0 Å². The fourth-order valence-corrected chi connectivity index (χ4v) is 1.81. The highest BCUT2D eigenvalue weighted by Gasteiger charge is 2.29. The number of nitrogens with zero attached hydrogens (tertiary/aromatic N) is 1. The van der Waals surface area contributed by atoms with Crippen molar-refractivity contribution in [2.45, 2.75) is 25.7 Å². The maximum absolute atomic E-state index is 3.47. The molecule has 0 radical (unpaired) electrons. The zero-order valence-corrected chi connectivity index (χ0v) is 6.43. The SMILES string of the molecule is CC1CN2CCCNC2N1. The van der Waals surface area contributed by atoms with E-state index in [2.05, 4.69) is 22.5 Å². The van der Waals surface area contributed by atoms with Crippen LogP contribution in [0.15, 0.2) is 0 Å². The van der Waals surface area contributed by atoms with E-state index in [-0.39, 0.29) is 0 Å². The smallest absolute Gasteiger partial charge is 0.114 e. The summed E-state index contributed by atoms with van der Waals surface area (Å²) in [4.78, 5) is 2.47. The van der Waals surface area contributed by atoms with Gasteiger partial charge in [-0.2, -0.15) is 0 Å². The Balaban J connectivity index is 1.97. The monoisotopic (exact) mass is 141 g/mol. The molecule has 58 valence electrons. The van der Waals surface area contributed by atoms with E-state index in [4.69, 9.17) is 0 Å². The van der Waals surface area contributed by atoms with Crippen LogP contribution < -0.4 is 10.6 Å². The second kappa shape index (κ2) is 2.49. The number of hydrogen-bond donors (Lipinski definition) is 2. The summed E-state index contributed by atoms with van der Waals surface area (Å²) in [5.74, 6) is 0. The zero-order valence-electron chi connectivity index (χ0n) is 6.43. The first-order valence-electron chi connectivity index (χ1n) is 4.10. The lowest BCUT2D eigenvalue weighted by Gasteiger charge is -2.29. The molecule has 0 aromatic rings. The third-order valence-electron chi connectivity index (χ3n) is 2.28. The first-order chi connectivity index (χ1) is 4.86. The van der Waals surface area contributed by atoms with E-state index in [0.29, 0.717) is 12.3 Å². The quantitative estimate of drug-likeness (QED) is 0.479. The van der Waals surface area contributed by atoms with E-state index in [0.717, 1.165) is 0 Å². The molecule has 0 saturated carbocycles. The Morgan fingerprint density at radius 2 is 2.40 bits per heavy atom.